The molecule has 0 bridgehead atoms. The number of allylic oxidation sites excluding steroid dienone is 2. The maximum Gasteiger partial charge on any atom is 0.358 e. The Morgan fingerprint density at radius 2 is 1.08 bits per heavy atom. The quantitative estimate of drug-likeness (QED) is 0.0510. The number of ether oxygens (including phenoxy) is 3. The molecule has 0 heterocycles. The van der Waals surface area contributed by atoms with Crippen LogP contribution in [-0.4, -0.2) is 49.1 Å². The minimum atomic E-state index is -2.43. The molecule has 1 aliphatic rings. The van der Waals surface area contributed by atoms with Crippen molar-refractivity contribution in [2.75, 3.05) is 26.6 Å². The molecule has 0 saturated carbocycles. The molecule has 1 unspecified atom stereocenters. The minimum absolute atomic E-state index is 0.00636. The zero-order valence-electron chi connectivity index (χ0n) is 29.3. The normalized spacial score (nSPS) is 14.2. The van der Waals surface area contributed by atoms with E-state index in [0.29, 0.717) is 24.2 Å². The molecule has 0 aliphatic heterocycles. The van der Waals surface area contributed by atoms with Crippen LogP contribution in [0, 0.1) is 0 Å². The first kappa shape index (κ1) is 38.1. The Bertz CT molecular complexity index is 1490. The standard InChI is InChI=1S/C41H50O6PS/c1-5-47-40(44)41(48(32-23-15-12-16-24-32,33-25-17-13-18-26-33)34-27-19-14-20-28-34)49-30-22-11-9-7-6-8-10-21-29-35-31(2)36(42)38(45-3)39(46-4)37(35)43/h12-20,23-28,41H,5-11,21-22,29-30H2,1-4H3/q+1. The molecule has 0 N–H and O–H groups in total. The fourth-order valence-electron chi connectivity index (χ4n) is 6.55. The molecule has 0 saturated heterocycles. The van der Waals surface area contributed by atoms with Gasteiger partial charge < -0.3 is 14.2 Å². The van der Waals surface area contributed by atoms with E-state index in [4.69, 9.17) is 14.2 Å². The second-order valence-electron chi connectivity index (χ2n) is 12.1. The van der Waals surface area contributed by atoms with Gasteiger partial charge in [0, 0.05) is 11.1 Å². The lowest BCUT2D eigenvalue weighted by atomic mass is 9.89. The molecule has 1 atom stereocenters. The summed E-state index contributed by atoms with van der Waals surface area (Å²) in [5.74, 6) is 0.224. The third kappa shape index (κ3) is 9.12. The lowest BCUT2D eigenvalue weighted by Gasteiger charge is -2.33. The van der Waals surface area contributed by atoms with E-state index in [1.807, 2.05) is 25.1 Å². The Balaban J connectivity index is 1.32. The zero-order chi connectivity index (χ0) is 35.1. The van der Waals surface area contributed by atoms with Crippen LogP contribution in [0.2, 0.25) is 0 Å². The van der Waals surface area contributed by atoms with Crippen molar-refractivity contribution >= 4 is 52.5 Å². The van der Waals surface area contributed by atoms with Crippen LogP contribution in [-0.2, 0) is 28.6 Å². The number of Topliss-reactive ketones (excluding diaryl/α,β-unsaturated/α-hetero) is 2. The first-order chi connectivity index (χ1) is 23.9. The van der Waals surface area contributed by atoms with Gasteiger partial charge in [-0.1, -0.05) is 93.1 Å². The molecule has 0 radical (unpaired) electrons. The first-order valence-electron chi connectivity index (χ1n) is 17.4. The number of rotatable bonds is 20. The number of hydrogen-bond donors (Lipinski definition) is 0. The van der Waals surface area contributed by atoms with Crippen LogP contribution >= 0.6 is 19.0 Å². The van der Waals surface area contributed by atoms with E-state index < -0.39 is 7.26 Å². The molecule has 0 amide bonds. The third-order valence-electron chi connectivity index (χ3n) is 9.02. The summed E-state index contributed by atoms with van der Waals surface area (Å²) >= 11 is 1.75. The van der Waals surface area contributed by atoms with Crippen molar-refractivity contribution in [1.29, 1.82) is 0 Å². The number of unbranched alkanes of at least 4 members (excludes halogenated alkanes) is 7. The van der Waals surface area contributed by atoms with Gasteiger partial charge in [-0.3, -0.25) is 9.59 Å². The number of benzene rings is 3. The Labute approximate surface area is 297 Å². The predicted molar refractivity (Wildman–Crippen MR) is 203 cm³/mol. The summed E-state index contributed by atoms with van der Waals surface area (Å²) in [5.41, 5.74) is 1.00. The second kappa shape index (κ2) is 19.5. The number of carbonyl (C=O) groups excluding carboxylic acids is 3. The first-order valence-corrected chi connectivity index (χ1v) is 20.3. The average Bonchev–Trinajstić information content (AvgIpc) is 3.14. The van der Waals surface area contributed by atoms with E-state index in [2.05, 4.69) is 72.8 Å². The Morgan fingerprint density at radius 1 is 0.653 bits per heavy atom. The highest BCUT2D eigenvalue weighted by Gasteiger charge is 2.56. The fourth-order valence-corrected chi connectivity index (χ4v) is 13.7. The van der Waals surface area contributed by atoms with Crippen LogP contribution in [0.1, 0.15) is 71.6 Å². The van der Waals surface area contributed by atoms with Crippen LogP contribution in [0.25, 0.3) is 0 Å². The van der Waals surface area contributed by atoms with Crippen LogP contribution in [0.15, 0.2) is 114 Å². The van der Waals surface area contributed by atoms with E-state index in [0.717, 1.165) is 57.1 Å². The smallest absolute Gasteiger partial charge is 0.358 e. The van der Waals surface area contributed by atoms with Gasteiger partial charge in [0.15, 0.2) is 0 Å². The van der Waals surface area contributed by atoms with Gasteiger partial charge in [-0.25, -0.2) is 4.79 Å². The number of ketones is 2. The zero-order valence-corrected chi connectivity index (χ0v) is 31.0. The molecule has 1 aliphatic carbocycles. The van der Waals surface area contributed by atoms with Gasteiger partial charge in [0.2, 0.25) is 28.1 Å². The Kier molecular flexibility index (Phi) is 15.2. The van der Waals surface area contributed by atoms with Gasteiger partial charge in [-0.15, -0.1) is 11.8 Å². The summed E-state index contributed by atoms with van der Waals surface area (Å²) in [6.45, 7) is 3.93. The Morgan fingerprint density at radius 3 is 1.53 bits per heavy atom. The van der Waals surface area contributed by atoms with Crippen LogP contribution in [0.4, 0.5) is 0 Å². The van der Waals surface area contributed by atoms with E-state index >= 15 is 0 Å². The minimum Gasteiger partial charge on any atom is -0.489 e. The number of hydrogen-bond acceptors (Lipinski definition) is 7. The highest BCUT2D eigenvalue weighted by molar-refractivity contribution is 8.15. The SMILES string of the molecule is CCOC(=O)C(SCCCCCCCCCCC1=C(C)C(=O)C(OC)=C(OC)C1=O)[P+](c1ccccc1)(c1ccccc1)c1ccccc1. The number of esters is 1. The molecule has 8 heteroatoms. The largest absolute Gasteiger partial charge is 0.489 e. The predicted octanol–water partition coefficient (Wildman–Crippen LogP) is 8.09. The van der Waals surface area contributed by atoms with E-state index in [1.54, 1.807) is 18.7 Å². The molecule has 3 aromatic carbocycles. The summed E-state index contributed by atoms with van der Waals surface area (Å²) in [7, 11) is 0.346. The fraction of sp³-hybridized carbons (Fsp3) is 0.390. The van der Waals surface area contributed by atoms with Crippen molar-refractivity contribution in [1.82, 2.24) is 0 Å². The molecule has 4 rings (SSSR count). The maximum absolute atomic E-state index is 13.9. The molecular weight excluding hydrogens is 651 g/mol. The number of methoxy groups -OCH3 is 2. The lowest BCUT2D eigenvalue weighted by Crippen LogP contribution is -2.41. The van der Waals surface area contributed by atoms with Crippen molar-refractivity contribution in [3.05, 3.63) is 114 Å². The van der Waals surface area contributed by atoms with Crippen molar-refractivity contribution in [3.8, 4) is 0 Å². The van der Waals surface area contributed by atoms with Crippen molar-refractivity contribution < 1.29 is 28.6 Å². The Hall–Kier alpha value is -3.67. The van der Waals surface area contributed by atoms with Crippen LogP contribution in [0.3, 0.4) is 0 Å². The van der Waals surface area contributed by atoms with E-state index in [-0.39, 0.29) is 34.0 Å². The molecule has 260 valence electrons. The van der Waals surface area contributed by atoms with Gasteiger partial charge >= 0.3 is 5.97 Å². The van der Waals surface area contributed by atoms with Crippen molar-refractivity contribution in [3.63, 3.8) is 0 Å². The monoisotopic (exact) mass is 701 g/mol. The molecular formula is C41H50O6PS+. The third-order valence-corrected chi connectivity index (χ3v) is 15.7. The van der Waals surface area contributed by atoms with Gasteiger partial charge in [-0.2, -0.15) is 0 Å². The lowest BCUT2D eigenvalue weighted by molar-refractivity contribution is -0.140. The molecule has 0 fully saturated rings. The van der Waals surface area contributed by atoms with Gasteiger partial charge in [0.25, 0.3) is 0 Å². The van der Waals surface area contributed by atoms with Gasteiger partial charge in [-0.05, 0) is 75.3 Å². The summed E-state index contributed by atoms with van der Waals surface area (Å²) < 4.78 is 16.1. The average molecular weight is 702 g/mol. The summed E-state index contributed by atoms with van der Waals surface area (Å²) in [4.78, 5) is 39.1. The van der Waals surface area contributed by atoms with Crippen molar-refractivity contribution in [2.24, 2.45) is 0 Å². The molecule has 6 nitrogen and oxygen atoms in total. The molecule has 49 heavy (non-hydrogen) atoms. The van der Waals surface area contributed by atoms with Gasteiger partial charge in [0.1, 0.15) is 23.2 Å². The highest BCUT2D eigenvalue weighted by atomic mass is 32.2. The second-order valence-corrected chi connectivity index (χ2v) is 17.2. The summed E-state index contributed by atoms with van der Waals surface area (Å²) in [5, 5.41) is 3.54. The molecule has 0 aromatic heterocycles. The summed E-state index contributed by atoms with van der Waals surface area (Å²) in [6, 6.07) is 31.6. The van der Waals surface area contributed by atoms with Crippen LogP contribution in [0.5, 0.6) is 0 Å². The molecule has 0 spiro atoms. The van der Waals surface area contributed by atoms with Crippen molar-refractivity contribution in [2.45, 2.75) is 76.6 Å². The molecule has 3 aromatic rings. The highest BCUT2D eigenvalue weighted by Crippen LogP contribution is 2.63. The van der Waals surface area contributed by atoms with E-state index in [9.17, 15) is 14.4 Å². The number of thioether (sulfide) groups is 1. The maximum atomic E-state index is 13.9. The summed E-state index contributed by atoms with van der Waals surface area (Å²) in [6.07, 6.45) is 9.06. The van der Waals surface area contributed by atoms with Crippen LogP contribution < -0.4 is 15.9 Å². The van der Waals surface area contributed by atoms with E-state index in [1.165, 1.54) is 30.1 Å². The van der Waals surface area contributed by atoms with Gasteiger partial charge in [0.05, 0.1) is 20.8 Å². The number of carbonyl (C=O) groups is 3. The topological polar surface area (TPSA) is 78.9 Å².